The summed E-state index contributed by atoms with van der Waals surface area (Å²) >= 11 is 0. The summed E-state index contributed by atoms with van der Waals surface area (Å²) in [5.41, 5.74) is 1.44. The first kappa shape index (κ1) is 14.5. The van der Waals surface area contributed by atoms with Crippen molar-refractivity contribution in [1.29, 1.82) is 0 Å². The second-order valence-electron chi connectivity index (χ2n) is 4.63. The SMILES string of the molecule is CC1=CC(=NC(=O)c2cccc([N+](=O)[O-])c2)C(C)=CC1=O. The maximum Gasteiger partial charge on any atom is 0.277 e. The van der Waals surface area contributed by atoms with Gasteiger partial charge in [-0.3, -0.25) is 19.7 Å². The lowest BCUT2D eigenvalue weighted by atomic mass is 9.98. The van der Waals surface area contributed by atoms with Crippen LogP contribution in [0.25, 0.3) is 0 Å². The molecule has 6 nitrogen and oxygen atoms in total. The fourth-order valence-electron chi connectivity index (χ4n) is 1.82. The standard InChI is InChI=1S/C15H12N2O4/c1-9-7-14(18)10(2)6-13(9)16-15(19)11-4-3-5-12(8-11)17(20)21/h3-8H,1-2H3. The largest absolute Gasteiger partial charge is 0.290 e. The molecule has 1 amide bonds. The second-order valence-corrected chi connectivity index (χ2v) is 4.63. The Morgan fingerprint density at radius 3 is 2.57 bits per heavy atom. The van der Waals surface area contributed by atoms with E-state index in [9.17, 15) is 19.7 Å². The number of hydrogen-bond acceptors (Lipinski definition) is 4. The molecule has 1 aliphatic rings. The average Bonchev–Trinajstić information content (AvgIpc) is 2.44. The van der Waals surface area contributed by atoms with E-state index in [1.54, 1.807) is 13.8 Å². The molecule has 0 fully saturated rings. The predicted molar refractivity (Wildman–Crippen MR) is 77.4 cm³/mol. The van der Waals surface area contributed by atoms with Crippen LogP contribution in [0.1, 0.15) is 24.2 Å². The smallest absolute Gasteiger partial charge is 0.277 e. The van der Waals surface area contributed by atoms with Crippen molar-refractivity contribution in [1.82, 2.24) is 0 Å². The number of aliphatic imine (C=N–C) groups is 1. The normalized spacial score (nSPS) is 16.5. The summed E-state index contributed by atoms with van der Waals surface area (Å²) in [6.45, 7) is 3.32. The molecule has 0 spiro atoms. The highest BCUT2D eigenvalue weighted by molar-refractivity contribution is 6.24. The Morgan fingerprint density at radius 1 is 1.19 bits per heavy atom. The fourth-order valence-corrected chi connectivity index (χ4v) is 1.82. The highest BCUT2D eigenvalue weighted by atomic mass is 16.6. The van der Waals surface area contributed by atoms with Crippen molar-refractivity contribution in [3.8, 4) is 0 Å². The van der Waals surface area contributed by atoms with E-state index in [0.717, 1.165) is 0 Å². The molecule has 2 rings (SSSR count). The van der Waals surface area contributed by atoms with Crippen LogP contribution in [0.4, 0.5) is 5.69 Å². The molecule has 0 unspecified atom stereocenters. The lowest BCUT2D eigenvalue weighted by Crippen LogP contribution is -2.12. The monoisotopic (exact) mass is 284 g/mol. The number of carbonyl (C=O) groups is 2. The van der Waals surface area contributed by atoms with Crippen molar-refractivity contribution < 1.29 is 14.5 Å². The number of rotatable bonds is 2. The van der Waals surface area contributed by atoms with Crippen LogP contribution >= 0.6 is 0 Å². The molecule has 0 heterocycles. The van der Waals surface area contributed by atoms with Gasteiger partial charge in [-0.2, -0.15) is 0 Å². The zero-order valence-corrected chi connectivity index (χ0v) is 11.5. The van der Waals surface area contributed by atoms with E-state index in [4.69, 9.17) is 0 Å². The molecule has 0 saturated heterocycles. The van der Waals surface area contributed by atoms with E-state index in [1.807, 2.05) is 0 Å². The molecule has 21 heavy (non-hydrogen) atoms. The zero-order chi connectivity index (χ0) is 15.6. The highest BCUT2D eigenvalue weighted by Crippen LogP contribution is 2.16. The minimum Gasteiger partial charge on any atom is -0.290 e. The summed E-state index contributed by atoms with van der Waals surface area (Å²) in [4.78, 5) is 37.6. The minimum atomic E-state index is -0.583. The maximum absolute atomic E-state index is 12.1. The Kier molecular flexibility index (Phi) is 3.89. The van der Waals surface area contributed by atoms with Gasteiger partial charge in [-0.15, -0.1) is 0 Å². The highest BCUT2D eigenvalue weighted by Gasteiger charge is 2.16. The lowest BCUT2D eigenvalue weighted by Gasteiger charge is -2.08. The van der Waals surface area contributed by atoms with Crippen LogP contribution in [0, 0.1) is 10.1 Å². The van der Waals surface area contributed by atoms with Crippen LogP contribution in [0.3, 0.4) is 0 Å². The van der Waals surface area contributed by atoms with Gasteiger partial charge >= 0.3 is 0 Å². The summed E-state index contributed by atoms with van der Waals surface area (Å²) in [6, 6.07) is 5.37. The number of ketones is 1. The lowest BCUT2D eigenvalue weighted by molar-refractivity contribution is -0.384. The van der Waals surface area contributed by atoms with E-state index in [-0.39, 0.29) is 17.0 Å². The first-order valence-corrected chi connectivity index (χ1v) is 6.17. The Bertz CT molecular complexity index is 742. The Morgan fingerprint density at radius 2 is 1.90 bits per heavy atom. The number of amides is 1. The molecule has 0 aliphatic heterocycles. The van der Waals surface area contributed by atoms with Crippen LogP contribution in [-0.2, 0) is 4.79 Å². The van der Waals surface area contributed by atoms with Crippen molar-refractivity contribution in [2.45, 2.75) is 13.8 Å². The van der Waals surface area contributed by atoms with Crippen LogP contribution in [0.2, 0.25) is 0 Å². The molecule has 1 aromatic carbocycles. The number of non-ortho nitro benzene ring substituents is 1. The molecule has 0 saturated carbocycles. The van der Waals surface area contributed by atoms with E-state index in [1.165, 1.54) is 36.4 Å². The summed E-state index contributed by atoms with van der Waals surface area (Å²) < 4.78 is 0. The van der Waals surface area contributed by atoms with Gasteiger partial charge in [0.05, 0.1) is 10.6 Å². The van der Waals surface area contributed by atoms with Crippen molar-refractivity contribution in [3.05, 3.63) is 63.2 Å². The number of hydrogen-bond donors (Lipinski definition) is 0. The van der Waals surface area contributed by atoms with Gasteiger partial charge in [-0.05, 0) is 43.2 Å². The summed E-state index contributed by atoms with van der Waals surface area (Å²) in [7, 11) is 0. The Hall–Kier alpha value is -2.89. The zero-order valence-electron chi connectivity index (χ0n) is 11.5. The molecule has 6 heteroatoms. The van der Waals surface area contributed by atoms with Crippen molar-refractivity contribution in [2.24, 2.45) is 4.99 Å². The molecule has 0 bridgehead atoms. The van der Waals surface area contributed by atoms with Gasteiger partial charge in [0.1, 0.15) is 0 Å². The molecule has 1 aliphatic carbocycles. The first-order chi connectivity index (χ1) is 9.88. The third kappa shape index (κ3) is 3.17. The van der Waals surface area contributed by atoms with Crippen LogP contribution in [0.15, 0.2) is 52.6 Å². The second kappa shape index (κ2) is 5.62. The fraction of sp³-hybridized carbons (Fsp3) is 0.133. The predicted octanol–water partition coefficient (Wildman–Crippen LogP) is 2.65. The van der Waals surface area contributed by atoms with Crippen molar-refractivity contribution >= 4 is 23.1 Å². The number of benzene rings is 1. The van der Waals surface area contributed by atoms with Crippen molar-refractivity contribution in [2.75, 3.05) is 0 Å². The van der Waals surface area contributed by atoms with E-state index < -0.39 is 10.8 Å². The van der Waals surface area contributed by atoms with E-state index in [2.05, 4.69) is 4.99 Å². The number of nitro groups is 1. The molecule has 1 aromatic rings. The quantitative estimate of drug-likeness (QED) is 0.474. The molecular formula is C15H12N2O4. The van der Waals surface area contributed by atoms with Gasteiger partial charge in [0, 0.05) is 17.7 Å². The molecular weight excluding hydrogens is 272 g/mol. The Labute approximate surface area is 120 Å². The van der Waals surface area contributed by atoms with Crippen molar-refractivity contribution in [3.63, 3.8) is 0 Å². The maximum atomic E-state index is 12.1. The van der Waals surface area contributed by atoms with Gasteiger partial charge in [-0.1, -0.05) is 6.07 Å². The first-order valence-electron chi connectivity index (χ1n) is 6.17. The summed E-state index contributed by atoms with van der Waals surface area (Å²) in [5, 5.41) is 10.7. The molecule has 106 valence electrons. The van der Waals surface area contributed by atoms with E-state index >= 15 is 0 Å². The number of nitrogens with zero attached hydrogens (tertiary/aromatic N) is 2. The van der Waals surface area contributed by atoms with Gasteiger partial charge in [0.2, 0.25) is 0 Å². The number of nitro benzene ring substituents is 1. The average molecular weight is 284 g/mol. The topological polar surface area (TPSA) is 89.6 Å². The van der Waals surface area contributed by atoms with Crippen LogP contribution in [-0.4, -0.2) is 22.3 Å². The third-order valence-electron chi connectivity index (χ3n) is 3.02. The minimum absolute atomic E-state index is 0.116. The van der Waals surface area contributed by atoms with E-state index in [0.29, 0.717) is 16.9 Å². The molecule has 0 radical (unpaired) electrons. The van der Waals surface area contributed by atoms with Gasteiger partial charge in [-0.25, -0.2) is 4.99 Å². The van der Waals surface area contributed by atoms with Gasteiger partial charge < -0.3 is 0 Å². The summed E-state index contributed by atoms with van der Waals surface area (Å²) in [6.07, 6.45) is 2.95. The van der Waals surface area contributed by atoms with Gasteiger partial charge in [0.25, 0.3) is 11.6 Å². The van der Waals surface area contributed by atoms with Gasteiger partial charge in [0.15, 0.2) is 5.78 Å². The molecule has 0 atom stereocenters. The number of carbonyl (C=O) groups excluding carboxylic acids is 2. The number of allylic oxidation sites excluding steroid dienone is 4. The summed E-state index contributed by atoms with van der Waals surface area (Å²) in [5.74, 6) is -0.700. The third-order valence-corrected chi connectivity index (χ3v) is 3.02. The van der Waals surface area contributed by atoms with Crippen LogP contribution in [0.5, 0.6) is 0 Å². The van der Waals surface area contributed by atoms with Crippen LogP contribution < -0.4 is 0 Å². The molecule has 0 N–H and O–H groups in total. The Balaban J connectivity index is 2.35. The molecule has 0 aromatic heterocycles.